The van der Waals surface area contributed by atoms with Crippen LogP contribution < -0.4 is 0 Å². The molecule has 0 aromatic carbocycles. The average Bonchev–Trinajstić information content (AvgIpc) is 2.26. The maximum atomic E-state index is 11.0. The molecule has 4 heteroatoms. The number of pyridine rings is 1. The van der Waals surface area contributed by atoms with Gasteiger partial charge in [-0.25, -0.2) is 4.79 Å². The number of rotatable bonds is 2. The van der Waals surface area contributed by atoms with Crippen molar-refractivity contribution >= 4 is 12.0 Å². The van der Waals surface area contributed by atoms with E-state index in [9.17, 15) is 4.79 Å². The molecule has 0 aliphatic rings. The topological polar surface area (TPSA) is 63.0 Å². The molecule has 70 valence electrons. The predicted molar refractivity (Wildman–Crippen MR) is 49.8 cm³/mol. The van der Waals surface area contributed by atoms with Crippen molar-refractivity contribution < 1.29 is 9.53 Å². The van der Waals surface area contributed by atoms with Crippen molar-refractivity contribution in [3.63, 3.8) is 0 Å². The largest absolute Gasteiger partial charge is 0.465 e. The fourth-order valence-electron chi connectivity index (χ4n) is 0.875. The van der Waals surface area contributed by atoms with Gasteiger partial charge in [-0.15, -0.1) is 0 Å². The number of hydrogen-bond donors (Lipinski definition) is 0. The lowest BCUT2D eigenvalue weighted by atomic mass is 10.2. The number of carbonyl (C=O) groups is 1. The zero-order valence-electron chi connectivity index (χ0n) is 7.60. The smallest absolute Gasteiger partial charge is 0.348 e. The molecule has 0 radical (unpaired) electrons. The SMILES string of the molecule is COC(=O)/C(C#N)=C\c1cccnc1. The summed E-state index contributed by atoms with van der Waals surface area (Å²) in [5, 5.41) is 8.65. The fraction of sp³-hybridized carbons (Fsp3) is 0.100. The molecule has 1 aromatic rings. The molecule has 4 nitrogen and oxygen atoms in total. The van der Waals surface area contributed by atoms with Gasteiger partial charge in [0.05, 0.1) is 7.11 Å². The maximum Gasteiger partial charge on any atom is 0.348 e. The molecular formula is C10H8N2O2. The first-order chi connectivity index (χ1) is 6.77. The van der Waals surface area contributed by atoms with E-state index in [0.717, 1.165) is 0 Å². The lowest BCUT2D eigenvalue weighted by Crippen LogP contribution is -2.02. The van der Waals surface area contributed by atoms with Crippen molar-refractivity contribution in [3.05, 3.63) is 35.7 Å². The quantitative estimate of drug-likeness (QED) is 0.397. The van der Waals surface area contributed by atoms with Crippen molar-refractivity contribution in [1.29, 1.82) is 5.26 Å². The number of ether oxygens (including phenoxy) is 1. The van der Waals surface area contributed by atoms with E-state index in [2.05, 4.69) is 9.72 Å². The fourth-order valence-corrected chi connectivity index (χ4v) is 0.875. The van der Waals surface area contributed by atoms with Crippen LogP contribution in [0.2, 0.25) is 0 Å². The van der Waals surface area contributed by atoms with Crippen LogP contribution >= 0.6 is 0 Å². The Morgan fingerprint density at radius 1 is 1.71 bits per heavy atom. The normalized spacial score (nSPS) is 10.4. The summed E-state index contributed by atoms with van der Waals surface area (Å²) in [5.74, 6) is -0.642. The molecule has 0 unspecified atom stereocenters. The first-order valence-electron chi connectivity index (χ1n) is 3.88. The van der Waals surface area contributed by atoms with Crippen LogP contribution in [0.4, 0.5) is 0 Å². The van der Waals surface area contributed by atoms with Crippen LogP contribution in [0.25, 0.3) is 6.08 Å². The summed E-state index contributed by atoms with van der Waals surface area (Å²) in [6, 6.07) is 5.22. The molecule has 0 saturated heterocycles. The molecule has 0 N–H and O–H groups in total. The highest BCUT2D eigenvalue weighted by atomic mass is 16.5. The van der Waals surface area contributed by atoms with Gasteiger partial charge in [-0.3, -0.25) is 4.98 Å². The molecule has 0 spiro atoms. The number of methoxy groups -OCH3 is 1. The van der Waals surface area contributed by atoms with Crippen LogP contribution in [0, 0.1) is 11.3 Å². The van der Waals surface area contributed by atoms with Gasteiger partial charge in [-0.2, -0.15) is 5.26 Å². The Bertz CT molecular complexity index is 390. The van der Waals surface area contributed by atoms with E-state index in [1.807, 2.05) is 0 Å². The van der Waals surface area contributed by atoms with Crippen LogP contribution in [0.3, 0.4) is 0 Å². The number of carbonyl (C=O) groups excluding carboxylic acids is 1. The molecule has 0 amide bonds. The molecule has 0 aliphatic heterocycles. The summed E-state index contributed by atoms with van der Waals surface area (Å²) in [7, 11) is 1.23. The van der Waals surface area contributed by atoms with Gasteiger partial charge in [0.25, 0.3) is 0 Å². The van der Waals surface area contributed by atoms with Gasteiger partial charge >= 0.3 is 5.97 Å². The van der Waals surface area contributed by atoms with Crippen molar-refractivity contribution in [1.82, 2.24) is 4.98 Å². The molecule has 0 aliphatic carbocycles. The highest BCUT2D eigenvalue weighted by Crippen LogP contribution is 2.05. The monoisotopic (exact) mass is 188 g/mol. The Labute approximate surface area is 81.5 Å². The zero-order valence-corrected chi connectivity index (χ0v) is 7.60. The number of esters is 1. The van der Waals surface area contributed by atoms with Crippen LogP contribution in [0.1, 0.15) is 5.56 Å². The second-order valence-corrected chi connectivity index (χ2v) is 2.45. The van der Waals surface area contributed by atoms with Crippen LogP contribution in [0.5, 0.6) is 0 Å². The number of hydrogen-bond acceptors (Lipinski definition) is 4. The Morgan fingerprint density at radius 3 is 3.00 bits per heavy atom. The van der Waals surface area contributed by atoms with Crippen LogP contribution in [0.15, 0.2) is 30.1 Å². The van der Waals surface area contributed by atoms with Gasteiger partial charge in [0.2, 0.25) is 0 Å². The van der Waals surface area contributed by atoms with Gasteiger partial charge in [0.15, 0.2) is 0 Å². The maximum absolute atomic E-state index is 11.0. The third-order valence-corrected chi connectivity index (χ3v) is 1.52. The zero-order chi connectivity index (χ0) is 10.4. The summed E-state index contributed by atoms with van der Waals surface area (Å²) >= 11 is 0. The molecular weight excluding hydrogens is 180 g/mol. The van der Waals surface area contributed by atoms with E-state index in [-0.39, 0.29) is 5.57 Å². The number of nitriles is 1. The standard InChI is InChI=1S/C10H8N2O2/c1-14-10(13)9(6-11)5-8-3-2-4-12-7-8/h2-5,7H,1H3/b9-5-. The lowest BCUT2D eigenvalue weighted by molar-refractivity contribution is -0.135. The minimum Gasteiger partial charge on any atom is -0.465 e. The molecule has 14 heavy (non-hydrogen) atoms. The van der Waals surface area contributed by atoms with E-state index in [4.69, 9.17) is 5.26 Å². The Hall–Kier alpha value is -2.15. The highest BCUT2D eigenvalue weighted by molar-refractivity contribution is 5.97. The number of nitrogens with zero attached hydrogens (tertiary/aromatic N) is 2. The minimum atomic E-state index is -0.642. The van der Waals surface area contributed by atoms with Crippen molar-refractivity contribution in [3.8, 4) is 6.07 Å². The first-order valence-corrected chi connectivity index (χ1v) is 3.88. The highest BCUT2D eigenvalue weighted by Gasteiger charge is 2.07. The summed E-state index contributed by atoms with van der Waals surface area (Å²) in [6.45, 7) is 0. The Kier molecular flexibility index (Phi) is 3.39. The van der Waals surface area contributed by atoms with Crippen molar-refractivity contribution in [2.75, 3.05) is 7.11 Å². The van der Waals surface area contributed by atoms with Crippen molar-refractivity contribution in [2.24, 2.45) is 0 Å². The molecule has 0 bridgehead atoms. The summed E-state index contributed by atoms with van der Waals surface area (Å²) < 4.78 is 4.43. The Balaban J connectivity index is 2.97. The predicted octanol–water partition coefficient (Wildman–Crippen LogP) is 1.16. The van der Waals surface area contributed by atoms with Gasteiger partial charge in [-0.1, -0.05) is 6.07 Å². The summed E-state index contributed by atoms with van der Waals surface area (Å²) in [4.78, 5) is 14.9. The third kappa shape index (κ3) is 2.42. The number of aromatic nitrogens is 1. The van der Waals surface area contributed by atoms with Gasteiger partial charge in [0, 0.05) is 12.4 Å². The summed E-state index contributed by atoms with van der Waals surface area (Å²) in [5.41, 5.74) is 0.648. The average molecular weight is 188 g/mol. The second kappa shape index (κ2) is 4.77. The van der Waals surface area contributed by atoms with E-state index in [1.54, 1.807) is 30.6 Å². The van der Waals surface area contributed by atoms with E-state index in [0.29, 0.717) is 5.56 Å². The van der Waals surface area contributed by atoms with Gasteiger partial charge in [-0.05, 0) is 17.7 Å². The molecule has 0 atom stereocenters. The minimum absolute atomic E-state index is 0.0412. The van der Waals surface area contributed by atoms with Crippen molar-refractivity contribution in [2.45, 2.75) is 0 Å². The second-order valence-electron chi connectivity index (χ2n) is 2.45. The van der Waals surface area contributed by atoms with Gasteiger partial charge < -0.3 is 4.74 Å². The van der Waals surface area contributed by atoms with Crippen LogP contribution in [-0.4, -0.2) is 18.1 Å². The van der Waals surface area contributed by atoms with E-state index < -0.39 is 5.97 Å². The van der Waals surface area contributed by atoms with Gasteiger partial charge in [0.1, 0.15) is 11.6 Å². The molecule has 1 aromatic heterocycles. The third-order valence-electron chi connectivity index (χ3n) is 1.52. The molecule has 0 fully saturated rings. The molecule has 0 saturated carbocycles. The first kappa shape index (κ1) is 9.93. The Morgan fingerprint density at radius 2 is 2.50 bits per heavy atom. The molecule has 1 heterocycles. The lowest BCUT2D eigenvalue weighted by Gasteiger charge is -1.95. The summed E-state index contributed by atoms with van der Waals surface area (Å²) in [6.07, 6.45) is 4.60. The molecule has 1 rings (SSSR count). The van der Waals surface area contributed by atoms with Crippen LogP contribution in [-0.2, 0) is 9.53 Å². The van der Waals surface area contributed by atoms with E-state index >= 15 is 0 Å². The van der Waals surface area contributed by atoms with E-state index in [1.165, 1.54) is 13.2 Å².